The van der Waals surface area contributed by atoms with Crippen LogP contribution in [0.4, 0.5) is 11.4 Å². The average Bonchev–Trinajstić information content (AvgIpc) is 3.49. The van der Waals surface area contributed by atoms with Gasteiger partial charge in [0.15, 0.2) is 0 Å². The molecule has 0 radical (unpaired) electrons. The molecule has 0 aromatic heterocycles. The first kappa shape index (κ1) is 21.7. The van der Waals surface area contributed by atoms with E-state index in [2.05, 4.69) is 15.5 Å². The Bertz CT molecular complexity index is 1250. The van der Waals surface area contributed by atoms with Gasteiger partial charge in [-0.1, -0.05) is 18.2 Å². The second-order valence-electron chi connectivity index (χ2n) is 10.5. The standard InChI is InChI=1S/C26H27N3O4S/c1-25(2,3)33-23(31)19-11-17-12-34-13-29(17)26(19)18-6-4-15(9-21(18)28-24(26)32)14-5-7-20-16(8-14)10-22(30)27-20/h4-9,17,19H,10-13H2,1-3H3,(H,27,30)(H,28,32). The third kappa shape index (κ3) is 3.11. The molecule has 2 N–H and O–H groups in total. The van der Waals surface area contributed by atoms with Crippen molar-refractivity contribution in [3.05, 3.63) is 47.5 Å². The van der Waals surface area contributed by atoms with Crippen molar-refractivity contribution in [3.63, 3.8) is 0 Å². The van der Waals surface area contributed by atoms with E-state index in [0.717, 1.165) is 39.4 Å². The molecular formula is C26H27N3O4S. The average molecular weight is 478 g/mol. The summed E-state index contributed by atoms with van der Waals surface area (Å²) >= 11 is 1.80. The normalized spacial score (nSPS) is 27.4. The molecule has 7 nitrogen and oxygen atoms in total. The number of nitrogens with zero attached hydrogens (tertiary/aromatic N) is 1. The van der Waals surface area contributed by atoms with Crippen LogP contribution in [0.2, 0.25) is 0 Å². The first-order valence-electron chi connectivity index (χ1n) is 11.6. The first-order valence-corrected chi connectivity index (χ1v) is 12.8. The summed E-state index contributed by atoms with van der Waals surface area (Å²) in [6, 6.07) is 12.1. The van der Waals surface area contributed by atoms with Gasteiger partial charge in [0.25, 0.3) is 5.91 Å². The Balaban J connectivity index is 1.42. The highest BCUT2D eigenvalue weighted by Gasteiger charge is 2.66. The van der Waals surface area contributed by atoms with E-state index in [4.69, 9.17) is 4.74 Å². The summed E-state index contributed by atoms with van der Waals surface area (Å²) in [5, 5.41) is 5.96. The van der Waals surface area contributed by atoms with E-state index in [0.29, 0.717) is 18.7 Å². The van der Waals surface area contributed by atoms with Crippen LogP contribution in [0.5, 0.6) is 0 Å². The van der Waals surface area contributed by atoms with E-state index in [-0.39, 0.29) is 23.8 Å². The summed E-state index contributed by atoms with van der Waals surface area (Å²) < 4.78 is 5.80. The second kappa shape index (κ2) is 7.33. The van der Waals surface area contributed by atoms with Crippen LogP contribution < -0.4 is 10.6 Å². The Morgan fingerprint density at radius 3 is 2.65 bits per heavy atom. The van der Waals surface area contributed by atoms with E-state index in [1.165, 1.54) is 0 Å². The third-order valence-electron chi connectivity index (χ3n) is 7.23. The fraction of sp³-hybridized carbons (Fsp3) is 0.423. The van der Waals surface area contributed by atoms with Crippen LogP contribution in [0.3, 0.4) is 0 Å². The molecule has 2 amide bonds. The number of hydrogen-bond acceptors (Lipinski definition) is 6. The monoisotopic (exact) mass is 477 g/mol. The molecule has 176 valence electrons. The van der Waals surface area contributed by atoms with Crippen LogP contribution in [-0.2, 0) is 31.1 Å². The molecule has 3 unspecified atom stereocenters. The fourth-order valence-corrected chi connectivity index (χ4v) is 7.19. The number of amides is 2. The topological polar surface area (TPSA) is 87.7 Å². The molecule has 0 aliphatic carbocycles. The quantitative estimate of drug-likeness (QED) is 0.641. The van der Waals surface area contributed by atoms with Gasteiger partial charge in [-0.15, -0.1) is 11.8 Å². The minimum Gasteiger partial charge on any atom is -0.460 e. The number of nitrogens with one attached hydrogen (secondary N) is 2. The molecule has 34 heavy (non-hydrogen) atoms. The van der Waals surface area contributed by atoms with Gasteiger partial charge in [0.1, 0.15) is 11.1 Å². The Labute approximate surface area is 202 Å². The minimum absolute atomic E-state index is 0.00256. The second-order valence-corrected chi connectivity index (χ2v) is 11.5. The van der Waals surface area contributed by atoms with Crippen LogP contribution in [0.15, 0.2) is 36.4 Å². The molecule has 2 saturated heterocycles. The fourth-order valence-electron chi connectivity index (χ4n) is 5.89. The van der Waals surface area contributed by atoms with Gasteiger partial charge in [-0.2, -0.15) is 0 Å². The molecule has 8 heteroatoms. The summed E-state index contributed by atoms with van der Waals surface area (Å²) in [5.41, 5.74) is 3.69. The number of benzene rings is 2. The summed E-state index contributed by atoms with van der Waals surface area (Å²) in [6.45, 7) is 5.58. The zero-order chi connectivity index (χ0) is 23.8. The maximum absolute atomic E-state index is 13.7. The van der Waals surface area contributed by atoms with Crippen molar-refractivity contribution < 1.29 is 19.1 Å². The molecule has 2 aromatic carbocycles. The lowest BCUT2D eigenvalue weighted by Gasteiger charge is -2.36. The van der Waals surface area contributed by atoms with Gasteiger partial charge in [0.2, 0.25) is 5.91 Å². The SMILES string of the molecule is CC(C)(C)OC(=O)C1CC2CSCN2C12C(=O)Nc1cc(-c3ccc4c(c3)CC(=O)N4)ccc12. The van der Waals surface area contributed by atoms with Crippen molar-refractivity contribution in [1.29, 1.82) is 0 Å². The molecule has 0 bridgehead atoms. The summed E-state index contributed by atoms with van der Waals surface area (Å²) in [5.74, 6) is 0.609. The van der Waals surface area contributed by atoms with Crippen molar-refractivity contribution in [2.45, 2.75) is 50.8 Å². The lowest BCUT2D eigenvalue weighted by molar-refractivity contribution is -0.165. The third-order valence-corrected chi connectivity index (χ3v) is 8.31. The predicted octanol–water partition coefficient (Wildman–Crippen LogP) is 3.73. The Kier molecular flexibility index (Phi) is 4.67. The highest BCUT2D eigenvalue weighted by molar-refractivity contribution is 7.99. The van der Waals surface area contributed by atoms with Crippen molar-refractivity contribution >= 4 is 40.9 Å². The summed E-state index contributed by atoms with van der Waals surface area (Å²) in [6.07, 6.45) is 0.988. The van der Waals surface area contributed by atoms with Crippen LogP contribution in [0.1, 0.15) is 38.3 Å². The van der Waals surface area contributed by atoms with Crippen LogP contribution >= 0.6 is 11.8 Å². The number of anilines is 2. The van der Waals surface area contributed by atoms with Crippen LogP contribution in [0, 0.1) is 5.92 Å². The van der Waals surface area contributed by atoms with Gasteiger partial charge >= 0.3 is 5.97 Å². The number of ether oxygens (including phenoxy) is 1. The van der Waals surface area contributed by atoms with E-state index in [9.17, 15) is 14.4 Å². The minimum atomic E-state index is -1.04. The van der Waals surface area contributed by atoms with E-state index < -0.39 is 17.1 Å². The molecule has 4 heterocycles. The molecule has 1 spiro atoms. The molecular weight excluding hydrogens is 450 g/mol. The van der Waals surface area contributed by atoms with E-state index in [1.807, 2.05) is 57.2 Å². The van der Waals surface area contributed by atoms with Crippen LogP contribution in [-0.4, -0.2) is 46.0 Å². The molecule has 0 saturated carbocycles. The first-order chi connectivity index (χ1) is 16.2. The predicted molar refractivity (Wildman–Crippen MR) is 131 cm³/mol. The van der Waals surface area contributed by atoms with Crippen molar-refractivity contribution in [1.82, 2.24) is 4.90 Å². The number of rotatable bonds is 2. The highest BCUT2D eigenvalue weighted by atomic mass is 32.2. The van der Waals surface area contributed by atoms with Gasteiger partial charge in [0, 0.05) is 34.6 Å². The molecule has 4 aliphatic heterocycles. The number of esters is 1. The van der Waals surface area contributed by atoms with Crippen molar-refractivity contribution in [2.24, 2.45) is 5.92 Å². The molecule has 3 atom stereocenters. The largest absolute Gasteiger partial charge is 0.460 e. The number of thioether (sulfide) groups is 1. The zero-order valence-corrected chi connectivity index (χ0v) is 20.3. The zero-order valence-electron chi connectivity index (χ0n) is 19.4. The lowest BCUT2D eigenvalue weighted by Crippen LogP contribution is -2.53. The Hall–Kier alpha value is -2.84. The van der Waals surface area contributed by atoms with Gasteiger partial charge in [-0.05, 0) is 62.1 Å². The smallest absolute Gasteiger partial charge is 0.312 e. The molecule has 4 aliphatic rings. The number of hydrogen-bond donors (Lipinski definition) is 2. The lowest BCUT2D eigenvalue weighted by atomic mass is 9.79. The van der Waals surface area contributed by atoms with Crippen LogP contribution in [0.25, 0.3) is 11.1 Å². The Morgan fingerprint density at radius 2 is 1.85 bits per heavy atom. The maximum atomic E-state index is 13.7. The summed E-state index contributed by atoms with van der Waals surface area (Å²) in [4.78, 5) is 41.0. The van der Waals surface area contributed by atoms with Gasteiger partial charge < -0.3 is 15.4 Å². The molecule has 2 fully saturated rings. The number of carbonyl (C=O) groups excluding carboxylic acids is 3. The highest BCUT2D eigenvalue weighted by Crippen LogP contribution is 2.56. The van der Waals surface area contributed by atoms with Crippen molar-refractivity contribution in [2.75, 3.05) is 22.3 Å². The number of carbonyl (C=O) groups is 3. The summed E-state index contributed by atoms with van der Waals surface area (Å²) in [7, 11) is 0. The van der Waals surface area contributed by atoms with E-state index >= 15 is 0 Å². The Morgan fingerprint density at radius 1 is 1.09 bits per heavy atom. The van der Waals surface area contributed by atoms with Crippen molar-refractivity contribution in [3.8, 4) is 11.1 Å². The molecule has 6 rings (SSSR count). The van der Waals surface area contributed by atoms with Gasteiger partial charge in [0.05, 0.1) is 12.3 Å². The van der Waals surface area contributed by atoms with Gasteiger partial charge in [-0.25, -0.2) is 0 Å². The van der Waals surface area contributed by atoms with Gasteiger partial charge in [-0.3, -0.25) is 19.3 Å². The molecule has 2 aromatic rings. The van der Waals surface area contributed by atoms with E-state index in [1.54, 1.807) is 11.8 Å². The number of fused-ring (bicyclic) bond motifs is 5. The maximum Gasteiger partial charge on any atom is 0.312 e.